The molecule has 0 aliphatic carbocycles. The molecule has 26 heavy (non-hydrogen) atoms. The third-order valence-corrected chi connectivity index (χ3v) is 3.98. The van der Waals surface area contributed by atoms with Crippen molar-refractivity contribution in [1.29, 1.82) is 0 Å². The zero-order chi connectivity index (χ0) is 18.4. The molecule has 0 N–H and O–H groups in total. The molecule has 0 spiro atoms. The number of anilines is 1. The summed E-state index contributed by atoms with van der Waals surface area (Å²) in [7, 11) is 3.81. The first-order valence-electron chi connectivity index (χ1n) is 8.45. The summed E-state index contributed by atoms with van der Waals surface area (Å²) in [6, 6.07) is 10.8. The zero-order valence-electron chi connectivity index (χ0n) is 15.0. The van der Waals surface area contributed by atoms with Gasteiger partial charge in [-0.2, -0.15) is 0 Å². The van der Waals surface area contributed by atoms with E-state index in [-0.39, 0.29) is 5.82 Å². The largest absolute Gasteiger partial charge is 0.347 e. The van der Waals surface area contributed by atoms with E-state index in [2.05, 4.69) is 19.9 Å². The molecule has 5 nitrogen and oxygen atoms in total. The Morgan fingerprint density at radius 2 is 1.58 bits per heavy atom. The van der Waals surface area contributed by atoms with Gasteiger partial charge in [-0.15, -0.1) is 0 Å². The minimum absolute atomic E-state index is 0.192. The van der Waals surface area contributed by atoms with Gasteiger partial charge in [0.25, 0.3) is 0 Å². The van der Waals surface area contributed by atoms with Crippen molar-refractivity contribution in [2.45, 2.75) is 19.6 Å². The molecule has 0 fully saturated rings. The summed E-state index contributed by atoms with van der Waals surface area (Å²) in [5, 5.41) is 0. The number of rotatable bonds is 7. The lowest BCUT2D eigenvalue weighted by molar-refractivity contribution is 0.243. The first-order chi connectivity index (χ1) is 12.6. The van der Waals surface area contributed by atoms with Crippen molar-refractivity contribution < 1.29 is 4.39 Å². The van der Waals surface area contributed by atoms with Crippen molar-refractivity contribution >= 4 is 5.95 Å². The molecule has 0 aliphatic rings. The van der Waals surface area contributed by atoms with Gasteiger partial charge < -0.3 is 4.90 Å². The molecule has 134 valence electrons. The fourth-order valence-corrected chi connectivity index (χ4v) is 2.70. The summed E-state index contributed by atoms with van der Waals surface area (Å²) in [6.45, 7) is 1.78. The first-order valence-corrected chi connectivity index (χ1v) is 8.45. The molecule has 0 atom stereocenters. The van der Waals surface area contributed by atoms with Crippen LogP contribution in [0.2, 0.25) is 0 Å². The molecule has 1 aromatic carbocycles. The molecule has 0 saturated heterocycles. The maximum absolute atomic E-state index is 14.1. The molecule has 2 aromatic heterocycles. The predicted octanol–water partition coefficient (Wildman–Crippen LogP) is 3.28. The topological polar surface area (TPSA) is 45.2 Å². The first kappa shape index (κ1) is 17.9. The highest BCUT2D eigenvalue weighted by Gasteiger charge is 2.12. The summed E-state index contributed by atoms with van der Waals surface area (Å²) in [5.41, 5.74) is 2.73. The molecular weight excluding hydrogens is 329 g/mol. The van der Waals surface area contributed by atoms with Crippen LogP contribution in [0.1, 0.15) is 16.7 Å². The molecular formula is C20H22FN5. The van der Waals surface area contributed by atoms with Crippen molar-refractivity contribution in [1.82, 2.24) is 19.9 Å². The SMILES string of the molecule is CN(C)c1ncc(CN(Cc2cccnc2)Cc2ccccc2F)cn1. The van der Waals surface area contributed by atoms with Crippen LogP contribution in [0.4, 0.5) is 10.3 Å². The Morgan fingerprint density at radius 1 is 0.846 bits per heavy atom. The average Bonchev–Trinajstić information content (AvgIpc) is 2.65. The van der Waals surface area contributed by atoms with Crippen LogP contribution in [-0.2, 0) is 19.6 Å². The highest BCUT2D eigenvalue weighted by Crippen LogP contribution is 2.16. The number of hydrogen-bond donors (Lipinski definition) is 0. The number of pyridine rings is 1. The number of halogens is 1. The quantitative estimate of drug-likeness (QED) is 0.654. The van der Waals surface area contributed by atoms with Crippen LogP contribution in [0.5, 0.6) is 0 Å². The normalized spacial score (nSPS) is 10.9. The molecule has 2 heterocycles. The second-order valence-electron chi connectivity index (χ2n) is 6.38. The fourth-order valence-electron chi connectivity index (χ4n) is 2.70. The van der Waals surface area contributed by atoms with E-state index in [4.69, 9.17) is 0 Å². The second kappa shape index (κ2) is 8.49. The van der Waals surface area contributed by atoms with Crippen molar-refractivity contribution in [3.05, 3.63) is 83.7 Å². The van der Waals surface area contributed by atoms with Gasteiger partial charge in [0.15, 0.2) is 0 Å². The maximum Gasteiger partial charge on any atom is 0.224 e. The summed E-state index contributed by atoms with van der Waals surface area (Å²) in [5.74, 6) is 0.476. The highest BCUT2D eigenvalue weighted by atomic mass is 19.1. The Labute approximate surface area is 153 Å². The Morgan fingerprint density at radius 3 is 2.23 bits per heavy atom. The van der Waals surface area contributed by atoms with Crippen LogP contribution in [0.3, 0.4) is 0 Å². The van der Waals surface area contributed by atoms with Gasteiger partial charge in [-0.1, -0.05) is 24.3 Å². The van der Waals surface area contributed by atoms with Crippen LogP contribution >= 0.6 is 0 Å². The van der Waals surface area contributed by atoms with Gasteiger partial charge in [-0.25, -0.2) is 14.4 Å². The molecule has 3 aromatic rings. The van der Waals surface area contributed by atoms with E-state index in [1.165, 1.54) is 6.07 Å². The van der Waals surface area contributed by atoms with E-state index >= 15 is 0 Å². The van der Waals surface area contributed by atoms with Crippen molar-refractivity contribution in [3.63, 3.8) is 0 Å². The van der Waals surface area contributed by atoms with Gasteiger partial charge in [0.1, 0.15) is 5.82 Å². The van der Waals surface area contributed by atoms with Crippen LogP contribution in [0, 0.1) is 5.82 Å². The second-order valence-corrected chi connectivity index (χ2v) is 6.38. The number of aromatic nitrogens is 3. The van der Waals surface area contributed by atoms with E-state index < -0.39 is 0 Å². The highest BCUT2D eigenvalue weighted by molar-refractivity contribution is 5.26. The summed E-state index contributed by atoms with van der Waals surface area (Å²) < 4.78 is 14.1. The van der Waals surface area contributed by atoms with Crippen molar-refractivity contribution in [2.75, 3.05) is 19.0 Å². The molecule has 0 bridgehead atoms. The minimum Gasteiger partial charge on any atom is -0.347 e. The number of nitrogens with zero attached hydrogens (tertiary/aromatic N) is 5. The minimum atomic E-state index is -0.192. The molecule has 6 heteroatoms. The Bertz CT molecular complexity index is 821. The molecule has 0 amide bonds. The van der Waals surface area contributed by atoms with Gasteiger partial charge >= 0.3 is 0 Å². The fraction of sp³-hybridized carbons (Fsp3) is 0.250. The summed E-state index contributed by atoms with van der Waals surface area (Å²) in [4.78, 5) is 16.9. The van der Waals surface area contributed by atoms with Crippen LogP contribution in [0.25, 0.3) is 0 Å². The molecule has 3 rings (SSSR count). The standard InChI is InChI=1S/C20H22FN5/c1-25(2)20-23-11-17(12-24-20)14-26(13-16-6-5-9-22-10-16)15-18-7-3-4-8-19(18)21/h3-12H,13-15H2,1-2H3. The van der Waals surface area contributed by atoms with Crippen molar-refractivity contribution in [3.8, 4) is 0 Å². The Kier molecular flexibility index (Phi) is 5.86. The van der Waals surface area contributed by atoms with Gasteiger partial charge in [-0.3, -0.25) is 9.88 Å². The Balaban J connectivity index is 1.79. The van der Waals surface area contributed by atoms with Gasteiger partial charge in [0.05, 0.1) is 0 Å². The molecule has 0 aliphatic heterocycles. The predicted molar refractivity (Wildman–Crippen MR) is 99.9 cm³/mol. The van der Waals surface area contributed by atoms with Crippen LogP contribution < -0.4 is 4.90 Å². The van der Waals surface area contributed by atoms with E-state index in [1.54, 1.807) is 12.3 Å². The molecule has 0 unspecified atom stereocenters. The zero-order valence-corrected chi connectivity index (χ0v) is 15.0. The number of hydrogen-bond acceptors (Lipinski definition) is 5. The lowest BCUT2D eigenvalue weighted by Crippen LogP contribution is -2.23. The van der Waals surface area contributed by atoms with Gasteiger partial charge in [0.2, 0.25) is 5.95 Å². The van der Waals surface area contributed by atoms with E-state index in [1.807, 2.05) is 61.9 Å². The lowest BCUT2D eigenvalue weighted by atomic mass is 10.1. The third-order valence-electron chi connectivity index (χ3n) is 3.98. The van der Waals surface area contributed by atoms with Gasteiger partial charge in [0, 0.05) is 69.6 Å². The average molecular weight is 351 g/mol. The van der Waals surface area contributed by atoms with E-state index in [0.29, 0.717) is 31.1 Å². The van der Waals surface area contributed by atoms with Gasteiger partial charge in [-0.05, 0) is 17.7 Å². The third kappa shape index (κ3) is 4.83. The summed E-state index contributed by atoms with van der Waals surface area (Å²) >= 11 is 0. The summed E-state index contributed by atoms with van der Waals surface area (Å²) in [6.07, 6.45) is 7.22. The number of benzene rings is 1. The molecule has 0 radical (unpaired) electrons. The monoisotopic (exact) mass is 351 g/mol. The Hall–Kier alpha value is -2.86. The van der Waals surface area contributed by atoms with E-state index in [9.17, 15) is 4.39 Å². The maximum atomic E-state index is 14.1. The van der Waals surface area contributed by atoms with Crippen molar-refractivity contribution in [2.24, 2.45) is 0 Å². The lowest BCUT2D eigenvalue weighted by Gasteiger charge is -2.23. The van der Waals surface area contributed by atoms with E-state index in [0.717, 1.165) is 11.1 Å². The van der Waals surface area contributed by atoms with Crippen LogP contribution in [-0.4, -0.2) is 33.9 Å². The van der Waals surface area contributed by atoms with Crippen LogP contribution in [0.15, 0.2) is 61.2 Å². The molecule has 0 saturated carbocycles. The smallest absolute Gasteiger partial charge is 0.224 e.